The molecule has 0 amide bonds. The van der Waals surface area contributed by atoms with Gasteiger partial charge in [-0.15, -0.1) is 0 Å². The molecule has 114 valence electrons. The second-order valence-corrected chi connectivity index (χ2v) is 5.07. The molecule has 2 atom stereocenters. The van der Waals surface area contributed by atoms with Gasteiger partial charge in [0.05, 0.1) is 0 Å². The zero-order chi connectivity index (χ0) is 15.1. The highest BCUT2D eigenvalue weighted by Gasteiger charge is 2.19. The second kappa shape index (κ2) is 7.90. The van der Waals surface area contributed by atoms with E-state index in [0.717, 1.165) is 24.9 Å². The fraction of sp³-hybridized carbons (Fsp3) is 0.500. The van der Waals surface area contributed by atoms with Crippen LogP contribution < -0.4 is 5.32 Å². The third-order valence-electron chi connectivity index (χ3n) is 3.40. The second-order valence-electron chi connectivity index (χ2n) is 5.07. The SMILES string of the molecule is CCNC(C)CCc1nc(C(OC)c2ccccc2)no1. The predicted octanol–water partition coefficient (Wildman–Crippen LogP) is 2.74. The van der Waals surface area contributed by atoms with Gasteiger partial charge in [0.1, 0.15) is 6.10 Å². The van der Waals surface area contributed by atoms with Crippen LogP contribution in [0.3, 0.4) is 0 Å². The molecule has 2 rings (SSSR count). The molecule has 0 saturated heterocycles. The number of rotatable bonds is 8. The molecule has 1 heterocycles. The van der Waals surface area contributed by atoms with Gasteiger partial charge in [-0.25, -0.2) is 0 Å². The molecule has 2 aromatic rings. The Labute approximate surface area is 125 Å². The van der Waals surface area contributed by atoms with E-state index in [0.29, 0.717) is 17.8 Å². The van der Waals surface area contributed by atoms with Crippen molar-refractivity contribution in [1.29, 1.82) is 0 Å². The van der Waals surface area contributed by atoms with Gasteiger partial charge in [-0.1, -0.05) is 42.4 Å². The van der Waals surface area contributed by atoms with Crippen molar-refractivity contribution in [2.75, 3.05) is 13.7 Å². The Hall–Kier alpha value is -1.72. The molecule has 0 radical (unpaired) electrons. The Morgan fingerprint density at radius 3 is 2.71 bits per heavy atom. The average molecular weight is 289 g/mol. The lowest BCUT2D eigenvalue weighted by atomic mass is 10.1. The van der Waals surface area contributed by atoms with E-state index in [9.17, 15) is 0 Å². The maximum atomic E-state index is 5.50. The highest BCUT2D eigenvalue weighted by molar-refractivity contribution is 5.22. The molecule has 1 N–H and O–H groups in total. The van der Waals surface area contributed by atoms with Crippen LogP contribution in [0.5, 0.6) is 0 Å². The van der Waals surface area contributed by atoms with Crippen LogP contribution in [0.1, 0.15) is 43.7 Å². The lowest BCUT2D eigenvalue weighted by Gasteiger charge is -2.11. The van der Waals surface area contributed by atoms with Crippen molar-refractivity contribution in [2.24, 2.45) is 0 Å². The minimum absolute atomic E-state index is 0.283. The van der Waals surface area contributed by atoms with E-state index in [2.05, 4.69) is 29.3 Å². The first-order chi connectivity index (χ1) is 10.2. The summed E-state index contributed by atoms with van der Waals surface area (Å²) in [6, 6.07) is 10.4. The maximum absolute atomic E-state index is 5.50. The highest BCUT2D eigenvalue weighted by Crippen LogP contribution is 2.22. The Bertz CT molecular complexity index is 527. The molecule has 0 saturated carbocycles. The van der Waals surface area contributed by atoms with Crippen LogP contribution in [0, 0.1) is 0 Å². The van der Waals surface area contributed by atoms with Crippen molar-refractivity contribution in [3.8, 4) is 0 Å². The predicted molar refractivity (Wildman–Crippen MR) is 81.1 cm³/mol. The Balaban J connectivity index is 2.01. The summed E-state index contributed by atoms with van der Waals surface area (Å²) in [5.41, 5.74) is 1.02. The number of ether oxygens (including phenoxy) is 1. The van der Waals surface area contributed by atoms with Crippen LogP contribution in [0.25, 0.3) is 0 Å². The summed E-state index contributed by atoms with van der Waals surface area (Å²) in [5, 5.41) is 7.42. The first-order valence-corrected chi connectivity index (χ1v) is 7.38. The summed E-state index contributed by atoms with van der Waals surface area (Å²) in [4.78, 5) is 4.46. The topological polar surface area (TPSA) is 60.2 Å². The van der Waals surface area contributed by atoms with E-state index < -0.39 is 0 Å². The first-order valence-electron chi connectivity index (χ1n) is 7.38. The molecule has 0 aliphatic heterocycles. The van der Waals surface area contributed by atoms with Crippen LogP contribution in [0.15, 0.2) is 34.9 Å². The van der Waals surface area contributed by atoms with Crippen LogP contribution in [-0.4, -0.2) is 29.8 Å². The molecular weight excluding hydrogens is 266 g/mol. The highest BCUT2D eigenvalue weighted by atomic mass is 16.5. The van der Waals surface area contributed by atoms with Gasteiger partial charge in [0.25, 0.3) is 0 Å². The monoisotopic (exact) mass is 289 g/mol. The van der Waals surface area contributed by atoms with Crippen LogP contribution >= 0.6 is 0 Å². The van der Waals surface area contributed by atoms with Gasteiger partial charge in [-0.3, -0.25) is 0 Å². The largest absolute Gasteiger partial charge is 0.369 e. The third-order valence-corrected chi connectivity index (χ3v) is 3.40. The molecule has 5 nitrogen and oxygen atoms in total. The molecule has 5 heteroatoms. The Morgan fingerprint density at radius 1 is 1.29 bits per heavy atom. The van der Waals surface area contributed by atoms with Gasteiger partial charge in [-0.05, 0) is 25.5 Å². The van der Waals surface area contributed by atoms with E-state index in [1.165, 1.54) is 0 Å². The zero-order valence-electron chi connectivity index (χ0n) is 12.9. The van der Waals surface area contributed by atoms with Gasteiger partial charge in [-0.2, -0.15) is 4.98 Å². The smallest absolute Gasteiger partial charge is 0.226 e. The van der Waals surface area contributed by atoms with Crippen LogP contribution in [0.4, 0.5) is 0 Å². The normalized spacial score (nSPS) is 14.0. The van der Waals surface area contributed by atoms with E-state index in [1.54, 1.807) is 7.11 Å². The lowest BCUT2D eigenvalue weighted by Crippen LogP contribution is -2.25. The van der Waals surface area contributed by atoms with Crippen molar-refractivity contribution in [2.45, 2.75) is 38.8 Å². The average Bonchev–Trinajstić information content (AvgIpc) is 2.96. The van der Waals surface area contributed by atoms with E-state index in [-0.39, 0.29) is 6.10 Å². The first kappa shape index (κ1) is 15.7. The molecule has 0 spiro atoms. The van der Waals surface area contributed by atoms with Crippen LogP contribution in [0.2, 0.25) is 0 Å². The zero-order valence-corrected chi connectivity index (χ0v) is 12.9. The summed E-state index contributed by atoms with van der Waals surface area (Å²) in [6.07, 6.45) is 1.46. The van der Waals surface area contributed by atoms with E-state index in [1.807, 2.05) is 30.3 Å². The summed E-state index contributed by atoms with van der Waals surface area (Å²) in [7, 11) is 1.65. The number of hydrogen-bond acceptors (Lipinski definition) is 5. The van der Waals surface area contributed by atoms with Crippen molar-refractivity contribution < 1.29 is 9.26 Å². The van der Waals surface area contributed by atoms with Crippen molar-refractivity contribution in [3.63, 3.8) is 0 Å². The number of benzene rings is 1. The van der Waals surface area contributed by atoms with Gasteiger partial charge < -0.3 is 14.6 Å². The molecule has 0 aliphatic rings. The fourth-order valence-electron chi connectivity index (χ4n) is 2.28. The van der Waals surface area contributed by atoms with Crippen LogP contribution in [-0.2, 0) is 11.2 Å². The quantitative estimate of drug-likeness (QED) is 0.809. The number of nitrogens with one attached hydrogen (secondary N) is 1. The van der Waals surface area contributed by atoms with Gasteiger partial charge in [0.15, 0.2) is 0 Å². The van der Waals surface area contributed by atoms with Crippen molar-refractivity contribution >= 4 is 0 Å². The number of nitrogens with zero attached hydrogens (tertiary/aromatic N) is 2. The number of aryl methyl sites for hydroxylation is 1. The molecule has 0 bridgehead atoms. The van der Waals surface area contributed by atoms with Gasteiger partial charge >= 0.3 is 0 Å². The van der Waals surface area contributed by atoms with E-state index >= 15 is 0 Å². The molecule has 1 aromatic heterocycles. The standard InChI is InChI=1S/C16H23N3O2/c1-4-17-12(2)10-11-14-18-16(19-21-14)15(20-3)13-8-6-5-7-9-13/h5-9,12,15,17H,4,10-11H2,1-3H3. The number of methoxy groups -OCH3 is 1. The summed E-state index contributed by atoms with van der Waals surface area (Å²) in [6.45, 7) is 5.23. The van der Waals surface area contributed by atoms with E-state index in [4.69, 9.17) is 9.26 Å². The molecule has 21 heavy (non-hydrogen) atoms. The van der Waals surface area contributed by atoms with Gasteiger partial charge in [0, 0.05) is 19.6 Å². The summed E-state index contributed by atoms with van der Waals surface area (Å²) >= 11 is 0. The Morgan fingerprint density at radius 2 is 2.05 bits per heavy atom. The molecule has 0 aliphatic carbocycles. The van der Waals surface area contributed by atoms with Crippen molar-refractivity contribution in [1.82, 2.24) is 15.5 Å². The molecular formula is C16H23N3O2. The fourth-order valence-corrected chi connectivity index (χ4v) is 2.28. The summed E-state index contributed by atoms with van der Waals surface area (Å²) < 4.78 is 10.8. The Kier molecular flexibility index (Phi) is 5.90. The molecule has 0 fully saturated rings. The lowest BCUT2D eigenvalue weighted by molar-refractivity contribution is 0.126. The minimum atomic E-state index is -0.283. The summed E-state index contributed by atoms with van der Waals surface area (Å²) in [5.74, 6) is 1.24. The third kappa shape index (κ3) is 4.37. The number of aromatic nitrogens is 2. The number of hydrogen-bond donors (Lipinski definition) is 1. The molecule has 1 aromatic carbocycles. The van der Waals surface area contributed by atoms with Crippen molar-refractivity contribution in [3.05, 3.63) is 47.6 Å². The van der Waals surface area contributed by atoms with Gasteiger partial charge in [0.2, 0.25) is 11.7 Å². The molecule has 2 unspecified atom stereocenters. The minimum Gasteiger partial charge on any atom is -0.369 e. The maximum Gasteiger partial charge on any atom is 0.226 e.